The van der Waals surface area contributed by atoms with E-state index in [4.69, 9.17) is 0 Å². The van der Waals surface area contributed by atoms with Gasteiger partial charge in [-0.05, 0) is 61.2 Å². The van der Waals surface area contributed by atoms with E-state index >= 15 is 0 Å². The molecule has 32 heavy (non-hydrogen) atoms. The van der Waals surface area contributed by atoms with Crippen LogP contribution < -0.4 is 5.32 Å². The molecule has 1 saturated heterocycles. The fourth-order valence-electron chi connectivity index (χ4n) is 3.69. The summed E-state index contributed by atoms with van der Waals surface area (Å²) in [4.78, 5) is 26.0. The van der Waals surface area contributed by atoms with Gasteiger partial charge in [0.05, 0.1) is 4.90 Å². The highest BCUT2D eigenvalue weighted by Gasteiger charge is 2.24. The number of aryl methyl sites for hydroxylation is 1. The molecule has 7 nitrogen and oxygen atoms in total. The molecule has 0 aliphatic carbocycles. The van der Waals surface area contributed by atoms with Crippen molar-refractivity contribution in [3.05, 3.63) is 59.7 Å². The fourth-order valence-corrected chi connectivity index (χ4v) is 5.21. The minimum absolute atomic E-state index is 0.0934. The number of sulfonamides is 1. The van der Waals surface area contributed by atoms with Gasteiger partial charge in [0.25, 0.3) is 5.91 Å². The number of carbonyl (C=O) groups excluding carboxylic acids is 2. The van der Waals surface area contributed by atoms with Gasteiger partial charge < -0.3 is 10.2 Å². The van der Waals surface area contributed by atoms with Gasteiger partial charge in [-0.15, -0.1) is 0 Å². The Balaban J connectivity index is 1.53. The van der Waals surface area contributed by atoms with Crippen molar-refractivity contribution in [3.63, 3.8) is 0 Å². The lowest BCUT2D eigenvalue weighted by Gasteiger charge is -2.20. The molecule has 8 heteroatoms. The van der Waals surface area contributed by atoms with Crippen LogP contribution in [0.2, 0.25) is 0 Å². The van der Waals surface area contributed by atoms with Crippen molar-refractivity contribution in [2.45, 2.75) is 43.4 Å². The molecule has 0 spiro atoms. The first kappa shape index (κ1) is 23.9. The maximum absolute atomic E-state index is 12.9. The molecule has 1 aliphatic rings. The predicted molar refractivity (Wildman–Crippen MR) is 125 cm³/mol. The third-order valence-corrected chi connectivity index (χ3v) is 7.50. The van der Waals surface area contributed by atoms with Crippen LogP contribution in [0.3, 0.4) is 0 Å². The quantitative estimate of drug-likeness (QED) is 0.689. The number of nitrogens with one attached hydrogen (secondary N) is 1. The zero-order valence-electron chi connectivity index (χ0n) is 18.7. The molecule has 1 heterocycles. The van der Waals surface area contributed by atoms with Crippen LogP contribution in [-0.4, -0.2) is 56.6 Å². The van der Waals surface area contributed by atoms with Gasteiger partial charge in [-0.3, -0.25) is 9.59 Å². The van der Waals surface area contributed by atoms with Gasteiger partial charge >= 0.3 is 0 Å². The van der Waals surface area contributed by atoms with Gasteiger partial charge in [-0.25, -0.2) is 8.42 Å². The molecule has 0 saturated carbocycles. The summed E-state index contributed by atoms with van der Waals surface area (Å²) in [6.45, 7) is 1.16. The molecule has 2 aromatic carbocycles. The summed E-state index contributed by atoms with van der Waals surface area (Å²) in [5, 5.41) is 2.83. The van der Waals surface area contributed by atoms with Crippen molar-refractivity contribution in [1.82, 2.24) is 9.21 Å². The fraction of sp³-hybridized carbons (Fsp3) is 0.417. The molecule has 1 aliphatic heterocycles. The number of benzene rings is 2. The van der Waals surface area contributed by atoms with Crippen LogP contribution >= 0.6 is 0 Å². The number of amides is 2. The molecule has 172 valence electrons. The summed E-state index contributed by atoms with van der Waals surface area (Å²) >= 11 is 0. The number of carbonyl (C=O) groups is 2. The van der Waals surface area contributed by atoms with Crippen molar-refractivity contribution < 1.29 is 18.0 Å². The highest BCUT2D eigenvalue weighted by atomic mass is 32.2. The van der Waals surface area contributed by atoms with Crippen molar-refractivity contribution in [2.75, 3.05) is 32.5 Å². The maximum Gasteiger partial charge on any atom is 0.253 e. The molecule has 2 amide bonds. The van der Waals surface area contributed by atoms with Crippen molar-refractivity contribution in [1.29, 1.82) is 0 Å². The maximum atomic E-state index is 12.9. The normalized spacial score (nSPS) is 15.1. The average molecular weight is 458 g/mol. The first-order chi connectivity index (χ1) is 15.3. The summed E-state index contributed by atoms with van der Waals surface area (Å²) in [5.41, 5.74) is 2.09. The van der Waals surface area contributed by atoms with E-state index in [1.807, 2.05) is 0 Å². The van der Waals surface area contributed by atoms with Gasteiger partial charge in [0.15, 0.2) is 0 Å². The van der Waals surface area contributed by atoms with E-state index in [9.17, 15) is 18.0 Å². The Morgan fingerprint density at radius 3 is 2.06 bits per heavy atom. The van der Waals surface area contributed by atoms with E-state index in [2.05, 4.69) is 5.32 Å². The van der Waals surface area contributed by atoms with Gasteiger partial charge in [0, 0.05) is 44.9 Å². The standard InChI is InChI=1S/C24H31N3O4S/c1-26(2)24(29)20-10-12-21(13-11-20)25-23(28)16-9-19-7-14-22(15-8-19)32(30,31)27-17-5-3-4-6-18-27/h7-8,10-15H,3-6,9,16-18H2,1-2H3,(H,25,28). The van der Waals surface area contributed by atoms with Gasteiger partial charge in [0.2, 0.25) is 15.9 Å². The molecule has 1 fully saturated rings. The first-order valence-electron chi connectivity index (χ1n) is 11.0. The summed E-state index contributed by atoms with van der Waals surface area (Å²) < 4.78 is 27.3. The summed E-state index contributed by atoms with van der Waals surface area (Å²) in [6.07, 6.45) is 4.74. The number of anilines is 1. The Morgan fingerprint density at radius 1 is 0.906 bits per heavy atom. The Morgan fingerprint density at radius 2 is 1.50 bits per heavy atom. The van der Waals surface area contributed by atoms with E-state index in [1.165, 1.54) is 4.90 Å². The number of nitrogens with zero attached hydrogens (tertiary/aromatic N) is 2. The van der Waals surface area contributed by atoms with Gasteiger partial charge in [-0.2, -0.15) is 4.31 Å². The lowest BCUT2D eigenvalue weighted by atomic mass is 10.1. The highest BCUT2D eigenvalue weighted by molar-refractivity contribution is 7.89. The zero-order chi connectivity index (χ0) is 23.1. The average Bonchev–Trinajstić information content (AvgIpc) is 3.08. The minimum atomic E-state index is -3.46. The molecule has 0 unspecified atom stereocenters. The van der Waals surface area contributed by atoms with Crippen LogP contribution in [0, 0.1) is 0 Å². The number of hydrogen-bond acceptors (Lipinski definition) is 4. The minimum Gasteiger partial charge on any atom is -0.345 e. The largest absolute Gasteiger partial charge is 0.345 e. The molecular weight excluding hydrogens is 426 g/mol. The first-order valence-corrected chi connectivity index (χ1v) is 12.4. The van der Waals surface area contributed by atoms with E-state index in [-0.39, 0.29) is 18.2 Å². The molecule has 0 atom stereocenters. The van der Waals surface area contributed by atoms with Crippen molar-refractivity contribution in [2.24, 2.45) is 0 Å². The second-order valence-corrected chi connectivity index (χ2v) is 10.2. The molecule has 0 bridgehead atoms. The molecule has 3 rings (SSSR count). The van der Waals surface area contributed by atoms with Crippen molar-refractivity contribution >= 4 is 27.5 Å². The van der Waals surface area contributed by atoms with E-state index in [1.54, 1.807) is 66.9 Å². The number of rotatable bonds is 7. The molecule has 0 radical (unpaired) electrons. The van der Waals surface area contributed by atoms with E-state index in [0.717, 1.165) is 31.2 Å². The van der Waals surface area contributed by atoms with Gasteiger partial charge in [0.1, 0.15) is 0 Å². The lowest BCUT2D eigenvalue weighted by molar-refractivity contribution is -0.116. The number of hydrogen-bond donors (Lipinski definition) is 1. The summed E-state index contributed by atoms with van der Waals surface area (Å²) in [5.74, 6) is -0.234. The highest BCUT2D eigenvalue weighted by Crippen LogP contribution is 2.21. The van der Waals surface area contributed by atoms with Crippen LogP contribution in [0.15, 0.2) is 53.4 Å². The van der Waals surface area contributed by atoms with Crippen LogP contribution in [-0.2, 0) is 21.2 Å². The molecule has 1 N–H and O–H groups in total. The second-order valence-electron chi connectivity index (χ2n) is 8.29. The van der Waals surface area contributed by atoms with E-state index < -0.39 is 10.0 Å². The monoisotopic (exact) mass is 457 g/mol. The Labute approximate surface area is 190 Å². The van der Waals surface area contributed by atoms with Crippen LogP contribution in [0.1, 0.15) is 48.0 Å². The Bertz CT molecular complexity index is 1020. The second kappa shape index (κ2) is 10.7. The van der Waals surface area contributed by atoms with Crippen LogP contribution in [0.25, 0.3) is 0 Å². The topological polar surface area (TPSA) is 86.8 Å². The molecular formula is C24H31N3O4S. The SMILES string of the molecule is CN(C)C(=O)c1ccc(NC(=O)CCc2ccc(S(=O)(=O)N3CCCCCC3)cc2)cc1. The Hall–Kier alpha value is -2.71. The molecule has 2 aromatic rings. The lowest BCUT2D eigenvalue weighted by Crippen LogP contribution is -2.31. The third kappa shape index (κ3) is 6.17. The summed E-state index contributed by atoms with van der Waals surface area (Å²) in [6, 6.07) is 13.6. The van der Waals surface area contributed by atoms with E-state index in [0.29, 0.717) is 35.7 Å². The Kier molecular flexibility index (Phi) is 8.04. The van der Waals surface area contributed by atoms with Crippen LogP contribution in [0.4, 0.5) is 5.69 Å². The zero-order valence-corrected chi connectivity index (χ0v) is 19.5. The van der Waals surface area contributed by atoms with Gasteiger partial charge in [-0.1, -0.05) is 25.0 Å². The van der Waals surface area contributed by atoms with Crippen LogP contribution in [0.5, 0.6) is 0 Å². The predicted octanol–water partition coefficient (Wildman–Crippen LogP) is 3.52. The summed E-state index contributed by atoms with van der Waals surface area (Å²) in [7, 11) is -0.0834. The smallest absolute Gasteiger partial charge is 0.253 e. The third-order valence-electron chi connectivity index (χ3n) is 5.59. The van der Waals surface area contributed by atoms with Crippen molar-refractivity contribution in [3.8, 4) is 0 Å². The molecule has 0 aromatic heterocycles.